The van der Waals surface area contributed by atoms with Crippen LogP contribution in [0.2, 0.25) is 0 Å². The van der Waals surface area contributed by atoms with E-state index in [1.807, 2.05) is 0 Å². The van der Waals surface area contributed by atoms with Gasteiger partial charge in [-0.25, -0.2) is 0 Å². The Balaban J connectivity index is 2.70. The molecule has 0 atom stereocenters. The zero-order chi connectivity index (χ0) is 13.1. The van der Waals surface area contributed by atoms with Gasteiger partial charge in [-0.15, -0.1) is 0 Å². The van der Waals surface area contributed by atoms with Crippen molar-refractivity contribution in [3.8, 4) is 11.1 Å². The monoisotopic (exact) mass is 246 g/mol. The quantitative estimate of drug-likeness (QED) is 0.604. The van der Waals surface area contributed by atoms with Crippen LogP contribution in [0.3, 0.4) is 0 Å². The van der Waals surface area contributed by atoms with Gasteiger partial charge in [0.25, 0.3) is 11.4 Å². The Morgan fingerprint density at radius 3 is 1.56 bits per heavy atom. The van der Waals surface area contributed by atoms with Crippen molar-refractivity contribution in [3.63, 3.8) is 0 Å². The second-order valence-corrected chi connectivity index (χ2v) is 3.30. The average molecular weight is 246 g/mol. The molecule has 18 heavy (non-hydrogen) atoms. The number of pyridine rings is 2. The van der Waals surface area contributed by atoms with Crippen molar-refractivity contribution in [2.75, 3.05) is 0 Å². The summed E-state index contributed by atoms with van der Waals surface area (Å²) in [6, 6.07) is 2.72. The molecule has 0 N–H and O–H groups in total. The zero-order valence-corrected chi connectivity index (χ0v) is 8.89. The molecule has 2 rings (SSSR count). The highest BCUT2D eigenvalue weighted by Crippen LogP contribution is 2.34. The van der Waals surface area contributed by atoms with Crippen molar-refractivity contribution < 1.29 is 9.85 Å². The lowest BCUT2D eigenvalue weighted by atomic mass is 10.1. The number of nitrogens with zero attached hydrogens (tertiary/aromatic N) is 4. The zero-order valence-electron chi connectivity index (χ0n) is 8.89. The third-order valence-electron chi connectivity index (χ3n) is 2.28. The van der Waals surface area contributed by atoms with Crippen LogP contribution in [-0.4, -0.2) is 19.8 Å². The van der Waals surface area contributed by atoms with Gasteiger partial charge in [0.1, 0.15) is 12.4 Å². The van der Waals surface area contributed by atoms with Crippen LogP contribution in [0, 0.1) is 20.2 Å². The lowest BCUT2D eigenvalue weighted by Gasteiger charge is -2.02. The lowest BCUT2D eigenvalue weighted by molar-refractivity contribution is -0.386. The van der Waals surface area contributed by atoms with Gasteiger partial charge in [0.2, 0.25) is 0 Å². The average Bonchev–Trinajstić information content (AvgIpc) is 2.38. The minimum atomic E-state index is -0.632. The third kappa shape index (κ3) is 1.98. The van der Waals surface area contributed by atoms with Crippen molar-refractivity contribution in [2.45, 2.75) is 0 Å². The predicted molar refractivity (Wildman–Crippen MR) is 60.8 cm³/mol. The molecule has 0 aliphatic heterocycles. The topological polar surface area (TPSA) is 112 Å². The maximum Gasteiger partial charge on any atom is 0.295 e. The molecule has 0 saturated carbocycles. The summed E-state index contributed by atoms with van der Waals surface area (Å²) in [5.74, 6) is 0. The van der Waals surface area contributed by atoms with Crippen LogP contribution in [0.1, 0.15) is 0 Å². The highest BCUT2D eigenvalue weighted by atomic mass is 16.6. The first kappa shape index (κ1) is 11.6. The molecule has 90 valence electrons. The predicted octanol–water partition coefficient (Wildman–Crippen LogP) is 1.96. The smallest absolute Gasteiger partial charge is 0.258 e. The second-order valence-electron chi connectivity index (χ2n) is 3.30. The van der Waals surface area contributed by atoms with E-state index in [2.05, 4.69) is 9.97 Å². The maximum absolute atomic E-state index is 10.9. The van der Waals surface area contributed by atoms with Crippen LogP contribution in [0.4, 0.5) is 11.4 Å². The van der Waals surface area contributed by atoms with Crippen molar-refractivity contribution >= 4 is 11.4 Å². The molecule has 0 fully saturated rings. The summed E-state index contributed by atoms with van der Waals surface area (Å²) in [6.45, 7) is 0. The molecule has 8 nitrogen and oxygen atoms in total. The minimum absolute atomic E-state index is 0.143. The molecule has 0 aliphatic rings. The van der Waals surface area contributed by atoms with E-state index in [-0.39, 0.29) is 22.5 Å². The molecule has 0 unspecified atom stereocenters. The molecule has 2 aromatic heterocycles. The van der Waals surface area contributed by atoms with Crippen molar-refractivity contribution in [3.05, 3.63) is 57.1 Å². The molecule has 0 bridgehead atoms. The molecular weight excluding hydrogens is 240 g/mol. The number of aromatic nitrogens is 2. The minimum Gasteiger partial charge on any atom is -0.258 e. The standard InChI is InChI=1S/C10H6N4O4/c15-13(16)9-5-11-3-1-7(9)8-2-4-12-6-10(8)14(17)18/h1-6H. The van der Waals surface area contributed by atoms with E-state index in [9.17, 15) is 20.2 Å². The van der Waals surface area contributed by atoms with E-state index < -0.39 is 9.85 Å². The summed E-state index contributed by atoms with van der Waals surface area (Å²) >= 11 is 0. The summed E-state index contributed by atoms with van der Waals surface area (Å²) in [7, 11) is 0. The van der Waals surface area contributed by atoms with E-state index in [1.54, 1.807) is 0 Å². The molecule has 0 amide bonds. The number of rotatable bonds is 3. The number of hydrogen-bond donors (Lipinski definition) is 0. The van der Waals surface area contributed by atoms with Gasteiger partial charge in [-0.2, -0.15) is 0 Å². The lowest BCUT2D eigenvalue weighted by Crippen LogP contribution is -1.97. The summed E-state index contributed by atoms with van der Waals surface area (Å²) in [5.41, 5.74) is -0.285. The Kier molecular flexibility index (Phi) is 2.92. The van der Waals surface area contributed by atoms with E-state index >= 15 is 0 Å². The Morgan fingerprint density at radius 2 is 1.22 bits per heavy atom. The fourth-order valence-corrected chi connectivity index (χ4v) is 1.52. The fourth-order valence-electron chi connectivity index (χ4n) is 1.52. The molecule has 0 aromatic carbocycles. The van der Waals surface area contributed by atoms with E-state index in [1.165, 1.54) is 24.5 Å². The Morgan fingerprint density at radius 1 is 0.833 bits per heavy atom. The van der Waals surface area contributed by atoms with E-state index in [0.29, 0.717) is 0 Å². The number of hydrogen-bond acceptors (Lipinski definition) is 6. The van der Waals surface area contributed by atoms with Crippen molar-refractivity contribution in [1.29, 1.82) is 0 Å². The Bertz CT molecular complexity index is 573. The van der Waals surface area contributed by atoms with Gasteiger partial charge in [-0.05, 0) is 12.1 Å². The van der Waals surface area contributed by atoms with Gasteiger partial charge in [-0.1, -0.05) is 0 Å². The van der Waals surface area contributed by atoms with Crippen molar-refractivity contribution in [1.82, 2.24) is 9.97 Å². The summed E-state index contributed by atoms with van der Waals surface area (Å²) in [6.07, 6.45) is 4.79. The Hall–Kier alpha value is -2.90. The van der Waals surface area contributed by atoms with Crippen LogP contribution >= 0.6 is 0 Å². The molecular formula is C10H6N4O4. The molecule has 2 aromatic rings. The van der Waals surface area contributed by atoms with Crippen molar-refractivity contribution in [2.24, 2.45) is 0 Å². The normalized spacial score (nSPS) is 10.0. The van der Waals surface area contributed by atoms with Gasteiger partial charge in [0.05, 0.1) is 21.0 Å². The summed E-state index contributed by atoms with van der Waals surface area (Å²) < 4.78 is 0. The van der Waals surface area contributed by atoms with Crippen LogP contribution in [-0.2, 0) is 0 Å². The summed E-state index contributed by atoms with van der Waals surface area (Å²) in [5, 5.41) is 21.7. The molecule has 2 heterocycles. The van der Waals surface area contributed by atoms with Gasteiger partial charge in [0, 0.05) is 12.4 Å². The van der Waals surface area contributed by atoms with Crippen LogP contribution < -0.4 is 0 Å². The summed E-state index contributed by atoms with van der Waals surface area (Å²) in [4.78, 5) is 27.7. The van der Waals surface area contributed by atoms with Gasteiger partial charge >= 0.3 is 0 Å². The van der Waals surface area contributed by atoms with Crippen LogP contribution in [0.5, 0.6) is 0 Å². The molecule has 0 radical (unpaired) electrons. The first-order chi connectivity index (χ1) is 8.61. The van der Waals surface area contributed by atoms with E-state index in [0.717, 1.165) is 12.4 Å². The maximum atomic E-state index is 10.9. The SMILES string of the molecule is O=[N+]([O-])c1cnccc1-c1ccncc1[N+](=O)[O-]. The highest BCUT2D eigenvalue weighted by molar-refractivity contribution is 5.79. The molecule has 0 aliphatic carbocycles. The molecule has 8 heteroatoms. The first-order valence-corrected chi connectivity index (χ1v) is 4.78. The fraction of sp³-hybridized carbons (Fsp3) is 0. The van der Waals surface area contributed by atoms with Gasteiger partial charge < -0.3 is 0 Å². The Labute approximate surface area is 100 Å². The van der Waals surface area contributed by atoms with Crippen LogP contribution in [0.15, 0.2) is 36.9 Å². The number of nitro groups is 2. The van der Waals surface area contributed by atoms with Gasteiger partial charge in [0.15, 0.2) is 0 Å². The molecule has 0 saturated heterocycles. The molecule has 0 spiro atoms. The van der Waals surface area contributed by atoms with E-state index in [4.69, 9.17) is 0 Å². The second kappa shape index (κ2) is 4.53. The third-order valence-corrected chi connectivity index (χ3v) is 2.28. The van der Waals surface area contributed by atoms with Gasteiger partial charge in [-0.3, -0.25) is 30.2 Å². The van der Waals surface area contributed by atoms with Crippen LogP contribution in [0.25, 0.3) is 11.1 Å². The highest BCUT2D eigenvalue weighted by Gasteiger charge is 2.22. The largest absolute Gasteiger partial charge is 0.295 e. The first-order valence-electron chi connectivity index (χ1n) is 4.78.